The number of ether oxygens (including phenoxy) is 1. The Kier molecular flexibility index (Phi) is 6.08. The topological polar surface area (TPSA) is 119 Å². The zero-order valence-corrected chi connectivity index (χ0v) is 16.9. The number of anilines is 1. The zero-order valence-electron chi connectivity index (χ0n) is 14.5. The van der Waals surface area contributed by atoms with Crippen LogP contribution in [0.2, 0.25) is 0 Å². The molecule has 0 unspecified atom stereocenters. The number of hydrogen-bond acceptors (Lipinski definition) is 6. The lowest BCUT2D eigenvalue weighted by Gasteiger charge is -2.26. The van der Waals surface area contributed by atoms with E-state index in [-0.39, 0.29) is 34.9 Å². The summed E-state index contributed by atoms with van der Waals surface area (Å²) in [6, 6.07) is 9.86. The molecule has 148 valence electrons. The number of carbonyl (C=O) groups is 1. The number of nitrogens with one attached hydrogen (secondary N) is 1. The van der Waals surface area contributed by atoms with Gasteiger partial charge in [-0.25, -0.2) is 8.42 Å². The highest BCUT2D eigenvalue weighted by Gasteiger charge is 2.29. The maximum Gasteiger partial charge on any atom is 0.292 e. The lowest BCUT2D eigenvalue weighted by Crippen LogP contribution is -2.40. The van der Waals surface area contributed by atoms with Crippen LogP contribution in [0, 0.1) is 10.1 Å². The summed E-state index contributed by atoms with van der Waals surface area (Å²) < 4.78 is 32.6. The van der Waals surface area contributed by atoms with Gasteiger partial charge in [0.2, 0.25) is 10.0 Å². The molecule has 11 heteroatoms. The number of nitro benzene ring substituents is 1. The maximum absolute atomic E-state index is 12.9. The van der Waals surface area contributed by atoms with Crippen LogP contribution in [-0.4, -0.2) is 49.9 Å². The summed E-state index contributed by atoms with van der Waals surface area (Å²) in [5.74, 6) is -0.653. The van der Waals surface area contributed by atoms with Gasteiger partial charge in [0.1, 0.15) is 5.69 Å². The molecule has 1 aliphatic rings. The minimum atomic E-state index is -3.82. The van der Waals surface area contributed by atoms with Gasteiger partial charge in [-0.1, -0.05) is 12.1 Å². The monoisotopic (exact) mass is 469 g/mol. The van der Waals surface area contributed by atoms with E-state index in [4.69, 9.17) is 4.74 Å². The van der Waals surface area contributed by atoms with E-state index in [1.165, 1.54) is 40.7 Å². The first kappa shape index (κ1) is 20.4. The number of morpholine rings is 1. The molecule has 9 nitrogen and oxygen atoms in total. The average Bonchev–Trinajstić information content (AvgIpc) is 2.69. The summed E-state index contributed by atoms with van der Waals surface area (Å²) in [7, 11) is -3.82. The molecule has 1 heterocycles. The quantitative estimate of drug-likeness (QED) is 0.530. The fraction of sp³-hybridized carbons (Fsp3) is 0.235. The van der Waals surface area contributed by atoms with Gasteiger partial charge in [-0.3, -0.25) is 14.9 Å². The van der Waals surface area contributed by atoms with Gasteiger partial charge in [-0.15, -0.1) is 0 Å². The van der Waals surface area contributed by atoms with Crippen molar-refractivity contribution in [2.45, 2.75) is 4.90 Å². The molecule has 0 saturated carbocycles. The van der Waals surface area contributed by atoms with E-state index in [1.54, 1.807) is 6.07 Å². The van der Waals surface area contributed by atoms with Crippen molar-refractivity contribution in [3.05, 3.63) is 62.6 Å². The number of amides is 1. The number of sulfonamides is 1. The molecular formula is C17H16BrN3O6S. The van der Waals surface area contributed by atoms with Crippen molar-refractivity contribution in [2.24, 2.45) is 0 Å². The molecule has 0 bridgehead atoms. The van der Waals surface area contributed by atoms with Crippen molar-refractivity contribution < 1.29 is 22.9 Å². The lowest BCUT2D eigenvalue weighted by atomic mass is 10.2. The summed E-state index contributed by atoms with van der Waals surface area (Å²) in [6.07, 6.45) is 0. The van der Waals surface area contributed by atoms with E-state index in [9.17, 15) is 23.3 Å². The number of halogens is 1. The van der Waals surface area contributed by atoms with Crippen molar-refractivity contribution in [1.82, 2.24) is 4.31 Å². The molecule has 1 N–H and O–H groups in total. The lowest BCUT2D eigenvalue weighted by molar-refractivity contribution is -0.383. The fourth-order valence-electron chi connectivity index (χ4n) is 2.70. The van der Waals surface area contributed by atoms with E-state index in [0.717, 1.165) is 0 Å². The molecule has 0 atom stereocenters. The minimum Gasteiger partial charge on any atom is -0.379 e. The number of nitro groups is 1. The van der Waals surface area contributed by atoms with Gasteiger partial charge >= 0.3 is 0 Å². The summed E-state index contributed by atoms with van der Waals surface area (Å²) in [6.45, 7) is 1.05. The predicted molar refractivity (Wildman–Crippen MR) is 105 cm³/mol. The third-order valence-electron chi connectivity index (χ3n) is 4.13. The van der Waals surface area contributed by atoms with Gasteiger partial charge in [0.05, 0.1) is 23.0 Å². The normalized spacial score (nSPS) is 15.2. The van der Waals surface area contributed by atoms with Crippen LogP contribution < -0.4 is 5.32 Å². The van der Waals surface area contributed by atoms with Crippen LogP contribution in [0.5, 0.6) is 0 Å². The van der Waals surface area contributed by atoms with E-state index < -0.39 is 20.9 Å². The molecule has 1 aliphatic heterocycles. The highest BCUT2D eigenvalue weighted by atomic mass is 79.9. The number of carbonyl (C=O) groups excluding carboxylic acids is 1. The van der Waals surface area contributed by atoms with Gasteiger partial charge in [0.25, 0.3) is 11.6 Å². The summed E-state index contributed by atoms with van der Waals surface area (Å²) in [5, 5.41) is 13.6. The van der Waals surface area contributed by atoms with E-state index >= 15 is 0 Å². The van der Waals surface area contributed by atoms with Gasteiger partial charge < -0.3 is 10.1 Å². The molecule has 0 radical (unpaired) electrons. The highest BCUT2D eigenvalue weighted by Crippen LogP contribution is 2.28. The zero-order chi connectivity index (χ0) is 20.3. The molecule has 1 fully saturated rings. The van der Waals surface area contributed by atoms with Crippen LogP contribution in [0.4, 0.5) is 11.4 Å². The van der Waals surface area contributed by atoms with Gasteiger partial charge in [0, 0.05) is 29.2 Å². The van der Waals surface area contributed by atoms with Crippen molar-refractivity contribution in [3.8, 4) is 0 Å². The van der Waals surface area contributed by atoms with Crippen molar-refractivity contribution in [2.75, 3.05) is 31.6 Å². The average molecular weight is 470 g/mol. The Labute approximate surface area is 169 Å². The Hall–Kier alpha value is -2.34. The molecule has 0 spiro atoms. The second kappa shape index (κ2) is 8.35. The number of hydrogen-bond donors (Lipinski definition) is 1. The molecule has 2 aromatic rings. The standard InChI is InChI=1S/C17H16BrN3O6S/c18-13-6-5-12(11-16(13)28(25,26)20-7-9-27-10-8-20)17(22)19-14-3-1-2-4-15(14)21(23)24/h1-6,11H,7-10H2,(H,19,22). The Morgan fingerprint density at radius 3 is 2.54 bits per heavy atom. The third kappa shape index (κ3) is 4.22. The Morgan fingerprint density at radius 1 is 1.18 bits per heavy atom. The second-order valence-corrected chi connectivity index (χ2v) is 8.65. The van der Waals surface area contributed by atoms with Crippen LogP contribution >= 0.6 is 15.9 Å². The predicted octanol–water partition coefficient (Wildman–Crippen LogP) is 2.63. The Balaban J connectivity index is 1.91. The first-order valence-corrected chi connectivity index (χ1v) is 10.5. The van der Waals surface area contributed by atoms with Crippen molar-refractivity contribution in [3.63, 3.8) is 0 Å². The van der Waals surface area contributed by atoms with Gasteiger partial charge in [-0.2, -0.15) is 4.31 Å². The molecule has 1 amide bonds. The van der Waals surface area contributed by atoms with Crippen LogP contribution in [-0.2, 0) is 14.8 Å². The molecule has 1 saturated heterocycles. The van der Waals surface area contributed by atoms with Crippen LogP contribution in [0.25, 0.3) is 0 Å². The van der Waals surface area contributed by atoms with E-state index in [1.807, 2.05) is 0 Å². The first-order valence-electron chi connectivity index (χ1n) is 8.23. The van der Waals surface area contributed by atoms with Crippen LogP contribution in [0.15, 0.2) is 51.8 Å². The number of para-hydroxylation sites is 2. The minimum absolute atomic E-state index is 0.0259. The number of rotatable bonds is 5. The highest BCUT2D eigenvalue weighted by molar-refractivity contribution is 9.10. The largest absolute Gasteiger partial charge is 0.379 e. The smallest absolute Gasteiger partial charge is 0.292 e. The van der Waals surface area contributed by atoms with Crippen LogP contribution in [0.3, 0.4) is 0 Å². The van der Waals surface area contributed by atoms with Gasteiger partial charge in [-0.05, 0) is 40.2 Å². The van der Waals surface area contributed by atoms with Gasteiger partial charge in [0.15, 0.2) is 0 Å². The van der Waals surface area contributed by atoms with Crippen LogP contribution in [0.1, 0.15) is 10.4 Å². The number of benzene rings is 2. The molecule has 0 aromatic heterocycles. The third-order valence-corrected chi connectivity index (χ3v) is 7.02. The Bertz CT molecular complexity index is 1020. The molecule has 2 aromatic carbocycles. The molecule has 28 heavy (non-hydrogen) atoms. The maximum atomic E-state index is 12.9. The van der Waals surface area contributed by atoms with Crippen molar-refractivity contribution in [1.29, 1.82) is 0 Å². The number of nitrogens with zero attached hydrogens (tertiary/aromatic N) is 2. The Morgan fingerprint density at radius 2 is 1.86 bits per heavy atom. The summed E-state index contributed by atoms with van der Waals surface area (Å²) in [4.78, 5) is 23.0. The SMILES string of the molecule is O=C(Nc1ccccc1[N+](=O)[O-])c1ccc(Br)c(S(=O)(=O)N2CCOCC2)c1. The summed E-state index contributed by atoms with van der Waals surface area (Å²) in [5.41, 5.74) is -0.166. The summed E-state index contributed by atoms with van der Waals surface area (Å²) >= 11 is 3.22. The molecular weight excluding hydrogens is 454 g/mol. The first-order chi connectivity index (χ1) is 13.3. The fourth-order valence-corrected chi connectivity index (χ4v) is 5.06. The molecule has 0 aliphatic carbocycles. The van der Waals surface area contributed by atoms with Crippen molar-refractivity contribution >= 4 is 43.2 Å². The van der Waals surface area contributed by atoms with E-state index in [2.05, 4.69) is 21.2 Å². The van der Waals surface area contributed by atoms with E-state index in [0.29, 0.717) is 17.7 Å². The second-order valence-electron chi connectivity index (χ2n) is 5.89. The molecule has 3 rings (SSSR count).